The summed E-state index contributed by atoms with van der Waals surface area (Å²) in [6.45, 7) is 0. The molecule has 0 aliphatic heterocycles. The molecule has 0 saturated heterocycles. The molecule has 1 aromatic carbocycles. The van der Waals surface area contributed by atoms with Crippen LogP contribution in [0.15, 0.2) is 23.4 Å². The van der Waals surface area contributed by atoms with E-state index < -0.39 is 0 Å². The van der Waals surface area contributed by atoms with Gasteiger partial charge in [0.25, 0.3) is 0 Å². The van der Waals surface area contributed by atoms with E-state index in [1.54, 1.807) is 6.33 Å². The number of H-pyrrole nitrogens is 1. The van der Waals surface area contributed by atoms with E-state index in [2.05, 4.69) is 45.2 Å². The lowest BCUT2D eigenvalue weighted by Gasteiger charge is -1.95. The third kappa shape index (κ3) is 1.14. The minimum atomic E-state index is 0.945. The molecule has 11 heavy (non-hydrogen) atoms. The van der Waals surface area contributed by atoms with Gasteiger partial charge < -0.3 is 4.98 Å². The van der Waals surface area contributed by atoms with Crippen LogP contribution in [0.3, 0.4) is 0 Å². The van der Waals surface area contributed by atoms with Crippen molar-refractivity contribution in [3.05, 3.63) is 22.0 Å². The molecule has 0 atom stereocenters. The van der Waals surface area contributed by atoms with Crippen LogP contribution in [-0.2, 0) is 0 Å². The minimum Gasteiger partial charge on any atom is -0.345 e. The van der Waals surface area contributed by atoms with Crippen LogP contribution >= 0.6 is 35.2 Å². The maximum Gasteiger partial charge on any atom is 0.103 e. The molecule has 0 saturated carbocycles. The van der Waals surface area contributed by atoms with Crippen molar-refractivity contribution in [2.45, 2.75) is 4.90 Å². The Hall–Kier alpha value is -0.230. The molecule has 1 aromatic heterocycles. The van der Waals surface area contributed by atoms with Gasteiger partial charge in [-0.25, -0.2) is 4.98 Å². The molecule has 0 unspecified atom stereocenters. The molecule has 1 heterocycles. The molecule has 0 spiro atoms. The smallest absolute Gasteiger partial charge is 0.103 e. The number of fused-ring (bicyclic) bond motifs is 1. The number of rotatable bonds is 0. The molecule has 0 bridgehead atoms. The summed E-state index contributed by atoms with van der Waals surface area (Å²) in [5, 5.41) is 0. The van der Waals surface area contributed by atoms with Crippen molar-refractivity contribution in [3.8, 4) is 0 Å². The number of aromatic amines is 1. The van der Waals surface area contributed by atoms with Gasteiger partial charge in [-0.05, 0) is 34.7 Å². The second-order valence-corrected chi connectivity index (χ2v) is 3.80. The van der Waals surface area contributed by atoms with Gasteiger partial charge in [0.2, 0.25) is 0 Å². The third-order valence-electron chi connectivity index (χ3n) is 1.52. The maximum atomic E-state index is 4.34. The number of thiol groups is 1. The van der Waals surface area contributed by atoms with E-state index in [1.165, 1.54) is 0 Å². The number of halogens is 1. The Bertz CT molecular complexity index is 396. The van der Waals surface area contributed by atoms with Gasteiger partial charge in [0, 0.05) is 8.47 Å². The van der Waals surface area contributed by atoms with Gasteiger partial charge in [0.05, 0.1) is 11.8 Å². The van der Waals surface area contributed by atoms with Crippen LogP contribution in [0.5, 0.6) is 0 Å². The quantitative estimate of drug-likeness (QED) is 0.561. The van der Waals surface area contributed by atoms with E-state index in [-0.39, 0.29) is 0 Å². The van der Waals surface area contributed by atoms with Gasteiger partial charge in [-0.15, -0.1) is 12.6 Å². The number of nitrogens with zero attached hydrogens (tertiary/aromatic N) is 1. The average molecular weight is 276 g/mol. The van der Waals surface area contributed by atoms with Crippen LogP contribution < -0.4 is 0 Å². The summed E-state index contributed by atoms with van der Waals surface area (Å²) in [5.41, 5.74) is 1.98. The van der Waals surface area contributed by atoms with E-state index in [9.17, 15) is 0 Å². The van der Waals surface area contributed by atoms with Crippen LogP contribution in [0, 0.1) is 3.57 Å². The summed E-state index contributed by atoms with van der Waals surface area (Å²) in [7, 11) is 0. The first kappa shape index (κ1) is 7.42. The fourth-order valence-corrected chi connectivity index (χ4v) is 1.66. The Morgan fingerprint density at radius 2 is 2.27 bits per heavy atom. The normalized spacial score (nSPS) is 10.7. The number of benzene rings is 1. The lowest BCUT2D eigenvalue weighted by atomic mass is 10.3. The highest BCUT2D eigenvalue weighted by molar-refractivity contribution is 14.1. The number of nitrogens with one attached hydrogen (secondary N) is 1. The average Bonchev–Trinajstić information content (AvgIpc) is 2.45. The van der Waals surface area contributed by atoms with Gasteiger partial charge in [-0.2, -0.15) is 0 Å². The molecule has 4 heteroatoms. The monoisotopic (exact) mass is 276 g/mol. The molecular formula is C7H5IN2S. The standard InChI is InChI=1S/C7H5IN2S/c8-4-1-2-5-6(7(4)11)10-3-9-5/h1-3,11H,(H,9,10). The van der Waals surface area contributed by atoms with Gasteiger partial charge in [-0.3, -0.25) is 0 Å². The van der Waals surface area contributed by atoms with Crippen LogP contribution in [0.25, 0.3) is 11.0 Å². The Labute approximate surface area is 83.0 Å². The second kappa shape index (κ2) is 2.67. The molecule has 0 amide bonds. The molecular weight excluding hydrogens is 271 g/mol. The number of hydrogen-bond acceptors (Lipinski definition) is 2. The summed E-state index contributed by atoms with van der Waals surface area (Å²) < 4.78 is 1.13. The van der Waals surface area contributed by atoms with Crippen molar-refractivity contribution < 1.29 is 0 Å². The van der Waals surface area contributed by atoms with E-state index >= 15 is 0 Å². The van der Waals surface area contributed by atoms with Crippen molar-refractivity contribution in [1.29, 1.82) is 0 Å². The summed E-state index contributed by atoms with van der Waals surface area (Å²) in [6.07, 6.45) is 1.68. The number of imidazole rings is 1. The first-order valence-corrected chi connectivity index (χ1v) is 4.62. The van der Waals surface area contributed by atoms with Crippen molar-refractivity contribution in [2.24, 2.45) is 0 Å². The zero-order valence-corrected chi connectivity index (χ0v) is 8.56. The van der Waals surface area contributed by atoms with E-state index in [0.717, 1.165) is 19.5 Å². The fraction of sp³-hybridized carbons (Fsp3) is 0. The van der Waals surface area contributed by atoms with Crippen LogP contribution in [0.4, 0.5) is 0 Å². The molecule has 0 radical (unpaired) electrons. The Morgan fingerprint density at radius 1 is 1.45 bits per heavy atom. The van der Waals surface area contributed by atoms with Crippen molar-refractivity contribution in [2.75, 3.05) is 0 Å². The molecule has 0 aliphatic rings. The Morgan fingerprint density at radius 3 is 3.09 bits per heavy atom. The zero-order chi connectivity index (χ0) is 7.84. The number of aromatic nitrogens is 2. The highest BCUT2D eigenvalue weighted by Crippen LogP contribution is 2.23. The van der Waals surface area contributed by atoms with Crippen molar-refractivity contribution >= 4 is 46.3 Å². The van der Waals surface area contributed by atoms with Crippen molar-refractivity contribution in [3.63, 3.8) is 0 Å². The van der Waals surface area contributed by atoms with Crippen molar-refractivity contribution in [1.82, 2.24) is 9.97 Å². The summed E-state index contributed by atoms with van der Waals surface area (Å²) in [4.78, 5) is 8.12. The van der Waals surface area contributed by atoms with Gasteiger partial charge in [0.1, 0.15) is 5.52 Å². The lowest BCUT2D eigenvalue weighted by molar-refractivity contribution is 1.33. The van der Waals surface area contributed by atoms with E-state index in [1.807, 2.05) is 12.1 Å². The van der Waals surface area contributed by atoms with Gasteiger partial charge in [-0.1, -0.05) is 0 Å². The molecule has 2 nitrogen and oxygen atoms in total. The summed E-state index contributed by atoms with van der Waals surface area (Å²) in [5.74, 6) is 0. The molecule has 0 aliphatic carbocycles. The molecule has 2 aromatic rings. The summed E-state index contributed by atoms with van der Waals surface area (Å²) >= 11 is 6.58. The zero-order valence-electron chi connectivity index (χ0n) is 5.50. The topological polar surface area (TPSA) is 28.7 Å². The summed E-state index contributed by atoms with van der Waals surface area (Å²) in [6, 6.07) is 4.02. The van der Waals surface area contributed by atoms with E-state index in [4.69, 9.17) is 0 Å². The maximum absolute atomic E-state index is 4.34. The number of hydrogen-bond donors (Lipinski definition) is 2. The second-order valence-electron chi connectivity index (χ2n) is 2.19. The molecule has 1 N–H and O–H groups in total. The molecule has 2 rings (SSSR count). The predicted octanol–water partition coefficient (Wildman–Crippen LogP) is 2.46. The molecule has 0 fully saturated rings. The molecule has 56 valence electrons. The Kier molecular flexibility index (Phi) is 1.80. The largest absolute Gasteiger partial charge is 0.345 e. The first-order valence-electron chi connectivity index (χ1n) is 3.09. The van der Waals surface area contributed by atoms with Gasteiger partial charge in [0.15, 0.2) is 0 Å². The minimum absolute atomic E-state index is 0.945. The third-order valence-corrected chi connectivity index (χ3v) is 3.29. The Balaban J connectivity index is 2.93. The van der Waals surface area contributed by atoms with E-state index in [0.29, 0.717) is 0 Å². The van der Waals surface area contributed by atoms with Crippen LogP contribution in [-0.4, -0.2) is 9.97 Å². The fourth-order valence-electron chi connectivity index (χ4n) is 0.969. The highest BCUT2D eigenvalue weighted by atomic mass is 127. The predicted molar refractivity (Wildman–Crippen MR) is 56.1 cm³/mol. The first-order chi connectivity index (χ1) is 5.29. The van der Waals surface area contributed by atoms with Crippen LogP contribution in [0.2, 0.25) is 0 Å². The SMILES string of the molecule is Sc1c(I)ccc2[nH]cnc12. The lowest BCUT2D eigenvalue weighted by Crippen LogP contribution is -1.77. The highest BCUT2D eigenvalue weighted by Gasteiger charge is 2.02. The van der Waals surface area contributed by atoms with Gasteiger partial charge >= 0.3 is 0 Å². The van der Waals surface area contributed by atoms with Crippen LogP contribution in [0.1, 0.15) is 0 Å².